The lowest BCUT2D eigenvalue weighted by atomic mass is 9.88. The lowest BCUT2D eigenvalue weighted by Crippen LogP contribution is -2.22. The third-order valence-corrected chi connectivity index (χ3v) is 9.47. The maximum absolute atomic E-state index is 12.8. The molecule has 0 spiro atoms. The summed E-state index contributed by atoms with van der Waals surface area (Å²) in [7, 11) is 0. The largest absolute Gasteiger partial charge is 0.411 e. The lowest BCUT2D eigenvalue weighted by Gasteiger charge is -2.22. The van der Waals surface area contributed by atoms with Gasteiger partial charge in [0.25, 0.3) is 0 Å². The fourth-order valence-corrected chi connectivity index (χ4v) is 6.43. The van der Waals surface area contributed by atoms with Crippen LogP contribution < -0.4 is 0 Å². The van der Waals surface area contributed by atoms with Gasteiger partial charge in [0.15, 0.2) is 5.60 Å². The SMILES string of the molecule is C=C(C)c1cc(C)cc(Cl)c1.Cc1cc(Cl)cc(C2(C)CC(c3ccc(Br)c(CC(F)(F)F)c3)=NO2)c1.O/N=C/c1ccc(Br)c(CC(F)(F)F)c1. The van der Waals surface area contributed by atoms with E-state index in [0.717, 1.165) is 33.5 Å². The van der Waals surface area contributed by atoms with Gasteiger partial charge in [-0.2, -0.15) is 26.3 Å². The summed E-state index contributed by atoms with van der Waals surface area (Å²) in [6, 6.07) is 20.8. The van der Waals surface area contributed by atoms with E-state index in [4.69, 9.17) is 33.2 Å². The Morgan fingerprint density at radius 3 is 1.92 bits per heavy atom. The maximum Gasteiger partial charge on any atom is 0.393 e. The molecule has 1 unspecified atom stereocenters. The van der Waals surface area contributed by atoms with Crippen LogP contribution in [0, 0.1) is 13.8 Å². The van der Waals surface area contributed by atoms with Gasteiger partial charge in [0, 0.05) is 25.4 Å². The first-order valence-corrected chi connectivity index (χ1v) is 17.8. The Labute approximate surface area is 325 Å². The third-order valence-electron chi connectivity index (χ3n) is 7.49. The predicted octanol–water partition coefficient (Wildman–Crippen LogP) is 13.6. The molecule has 4 aromatic rings. The summed E-state index contributed by atoms with van der Waals surface area (Å²) in [5, 5.41) is 16.5. The highest BCUT2D eigenvalue weighted by molar-refractivity contribution is 9.10. The minimum Gasteiger partial charge on any atom is -0.411 e. The first-order valence-electron chi connectivity index (χ1n) is 15.4. The quantitative estimate of drug-likeness (QED) is 0.0907. The van der Waals surface area contributed by atoms with Crippen molar-refractivity contribution in [3.63, 3.8) is 0 Å². The van der Waals surface area contributed by atoms with Gasteiger partial charge < -0.3 is 10.0 Å². The summed E-state index contributed by atoms with van der Waals surface area (Å²) in [5.74, 6) is 0. The fourth-order valence-electron chi connectivity index (χ4n) is 5.07. The Hall–Kier alpha value is -3.32. The zero-order chi connectivity index (χ0) is 39.0. The first kappa shape index (κ1) is 43.1. The van der Waals surface area contributed by atoms with E-state index in [2.05, 4.69) is 54.8 Å². The van der Waals surface area contributed by atoms with Gasteiger partial charge in [0.1, 0.15) is 0 Å². The maximum atomic E-state index is 12.8. The molecule has 1 aliphatic heterocycles. The molecule has 1 heterocycles. The van der Waals surface area contributed by atoms with Crippen LogP contribution in [0.1, 0.15) is 64.8 Å². The van der Waals surface area contributed by atoms with Gasteiger partial charge in [0.05, 0.1) is 24.8 Å². The Kier molecular flexibility index (Phi) is 15.0. The second kappa shape index (κ2) is 18.1. The molecule has 1 atom stereocenters. The van der Waals surface area contributed by atoms with E-state index in [1.54, 1.807) is 18.2 Å². The summed E-state index contributed by atoms with van der Waals surface area (Å²) in [6.45, 7) is 11.7. The highest BCUT2D eigenvalue weighted by Crippen LogP contribution is 2.38. The van der Waals surface area contributed by atoms with Crippen molar-refractivity contribution in [3.05, 3.63) is 143 Å². The van der Waals surface area contributed by atoms with Crippen LogP contribution in [0.2, 0.25) is 10.0 Å². The summed E-state index contributed by atoms with van der Waals surface area (Å²) in [6.07, 6.45) is -9.02. The normalized spacial score (nSPS) is 15.6. The van der Waals surface area contributed by atoms with Crippen molar-refractivity contribution in [2.24, 2.45) is 10.3 Å². The minimum absolute atomic E-state index is 0.111. The van der Waals surface area contributed by atoms with Gasteiger partial charge in [-0.05, 0) is 121 Å². The monoisotopic (exact) mass is 892 g/mol. The molecule has 0 aromatic heterocycles. The number of halogens is 10. The number of oxime groups is 2. The summed E-state index contributed by atoms with van der Waals surface area (Å²) in [4.78, 5) is 5.67. The molecule has 0 bridgehead atoms. The molecule has 5 rings (SSSR count). The summed E-state index contributed by atoms with van der Waals surface area (Å²) < 4.78 is 75.5. The van der Waals surface area contributed by atoms with Crippen molar-refractivity contribution in [1.82, 2.24) is 0 Å². The standard InChI is InChI=1S/C19H16BrClF3NO.C10H11Cl.C9H7BrF3NO/c1-11-5-14(8-15(21)6-11)18(2)10-17(25-26-18)12-3-4-16(20)13(7-12)9-19(22,23)24;1-7(2)9-4-8(3)5-10(11)6-9;10-8-2-1-6(5-14-15)3-7(8)4-9(11,12)13/h3-8H,9-10H2,1-2H3;4-6H,1H2,2-3H3;1-3,5,15H,4H2/b;;14-5+. The Morgan fingerprint density at radius 2 is 1.40 bits per heavy atom. The van der Waals surface area contributed by atoms with Gasteiger partial charge in [-0.15, -0.1) is 0 Å². The Bertz CT molecular complexity index is 1920. The van der Waals surface area contributed by atoms with Crippen molar-refractivity contribution >= 4 is 72.6 Å². The molecule has 4 aromatic carbocycles. The average Bonchev–Trinajstić information content (AvgIpc) is 3.42. The van der Waals surface area contributed by atoms with Gasteiger partial charge in [-0.3, -0.25) is 0 Å². The summed E-state index contributed by atoms with van der Waals surface area (Å²) >= 11 is 18.2. The van der Waals surface area contributed by atoms with Crippen LogP contribution in [0.5, 0.6) is 0 Å². The van der Waals surface area contributed by atoms with E-state index in [0.29, 0.717) is 37.2 Å². The van der Waals surface area contributed by atoms with E-state index in [-0.39, 0.29) is 11.1 Å². The minimum atomic E-state index is -4.28. The van der Waals surface area contributed by atoms with Crippen molar-refractivity contribution in [2.75, 3.05) is 0 Å². The second-order valence-electron chi connectivity index (χ2n) is 12.3. The van der Waals surface area contributed by atoms with Crippen LogP contribution in [0.3, 0.4) is 0 Å². The molecule has 0 amide bonds. The Morgan fingerprint density at radius 1 is 0.865 bits per heavy atom. The zero-order valence-corrected chi connectivity index (χ0v) is 33.0. The molecule has 0 saturated heterocycles. The number of aryl methyl sites for hydroxylation is 2. The van der Waals surface area contributed by atoms with Crippen LogP contribution in [0.25, 0.3) is 5.57 Å². The van der Waals surface area contributed by atoms with Crippen molar-refractivity contribution in [2.45, 2.75) is 64.9 Å². The molecule has 0 aliphatic carbocycles. The molecule has 4 nitrogen and oxygen atoms in total. The van der Waals surface area contributed by atoms with E-state index in [1.807, 2.05) is 58.0 Å². The molecule has 0 fully saturated rings. The fraction of sp³-hybridized carbons (Fsp3) is 0.263. The molecular formula is C38H34Br2Cl2F6N2O2. The molecular weight excluding hydrogens is 861 g/mol. The number of rotatable bonds is 6. The van der Waals surface area contributed by atoms with E-state index in [1.165, 1.54) is 23.8 Å². The van der Waals surface area contributed by atoms with Crippen LogP contribution in [0.4, 0.5) is 26.3 Å². The molecule has 14 heteroatoms. The van der Waals surface area contributed by atoms with E-state index < -0.39 is 30.8 Å². The number of nitrogens with zero attached hydrogens (tertiary/aromatic N) is 2. The Balaban J connectivity index is 0.000000236. The highest BCUT2D eigenvalue weighted by Gasteiger charge is 2.37. The predicted molar refractivity (Wildman–Crippen MR) is 204 cm³/mol. The molecule has 52 heavy (non-hydrogen) atoms. The second-order valence-corrected chi connectivity index (χ2v) is 14.9. The smallest absolute Gasteiger partial charge is 0.393 e. The molecule has 0 saturated carbocycles. The zero-order valence-electron chi connectivity index (χ0n) is 28.4. The topological polar surface area (TPSA) is 54.2 Å². The van der Waals surface area contributed by atoms with Crippen LogP contribution in [-0.2, 0) is 23.3 Å². The van der Waals surface area contributed by atoms with E-state index in [9.17, 15) is 26.3 Å². The third kappa shape index (κ3) is 13.6. The van der Waals surface area contributed by atoms with Crippen molar-refractivity contribution < 1.29 is 36.4 Å². The van der Waals surface area contributed by atoms with E-state index >= 15 is 0 Å². The summed E-state index contributed by atoms with van der Waals surface area (Å²) in [5.41, 5.74) is 6.46. The number of hydrogen-bond acceptors (Lipinski definition) is 4. The molecule has 1 aliphatic rings. The van der Waals surface area contributed by atoms with Crippen molar-refractivity contribution in [3.8, 4) is 0 Å². The number of alkyl halides is 6. The number of benzene rings is 4. The average molecular weight is 895 g/mol. The van der Waals surface area contributed by atoms with Gasteiger partial charge in [-0.1, -0.05) is 102 Å². The van der Waals surface area contributed by atoms with Gasteiger partial charge in [0.2, 0.25) is 0 Å². The number of allylic oxidation sites excluding steroid dienone is 1. The lowest BCUT2D eigenvalue weighted by molar-refractivity contribution is -0.128. The van der Waals surface area contributed by atoms with Crippen molar-refractivity contribution in [1.29, 1.82) is 0 Å². The van der Waals surface area contributed by atoms with Gasteiger partial charge >= 0.3 is 12.4 Å². The molecule has 1 N–H and O–H groups in total. The van der Waals surface area contributed by atoms with Crippen LogP contribution in [-0.4, -0.2) is 29.5 Å². The molecule has 278 valence electrons. The molecule has 0 radical (unpaired) electrons. The van der Waals surface area contributed by atoms with Crippen LogP contribution in [0.15, 0.2) is 98.6 Å². The number of hydrogen-bond donors (Lipinski definition) is 1. The van der Waals surface area contributed by atoms with Crippen LogP contribution >= 0.6 is 55.1 Å². The highest BCUT2D eigenvalue weighted by atomic mass is 79.9. The first-order chi connectivity index (χ1) is 24.1. The van der Waals surface area contributed by atoms with Gasteiger partial charge in [-0.25, -0.2) is 0 Å².